The van der Waals surface area contributed by atoms with Crippen molar-refractivity contribution in [2.45, 2.75) is 60.8 Å². The molecule has 1 fully saturated rings. The van der Waals surface area contributed by atoms with E-state index in [1.807, 2.05) is 14.1 Å². The molecular formula is C28H50N6O3. The van der Waals surface area contributed by atoms with E-state index in [1.54, 1.807) is 22.2 Å². The van der Waals surface area contributed by atoms with E-state index in [9.17, 15) is 9.59 Å². The normalized spacial score (nSPS) is 15.1. The van der Waals surface area contributed by atoms with Gasteiger partial charge in [0.25, 0.3) is 5.91 Å². The Balaban J connectivity index is 1.66. The monoisotopic (exact) mass is 518 g/mol. The van der Waals surface area contributed by atoms with Crippen LogP contribution in [0.3, 0.4) is 0 Å². The number of carbonyl (C=O) groups excluding carboxylic acids is 2. The second-order valence-electron chi connectivity index (χ2n) is 12.3. The maximum Gasteiger partial charge on any atom is 0.256 e. The Bertz CT molecular complexity index is 844. The van der Waals surface area contributed by atoms with Gasteiger partial charge in [-0.05, 0) is 17.3 Å². The highest BCUT2D eigenvalue weighted by Gasteiger charge is 2.23. The molecule has 1 aliphatic heterocycles. The van der Waals surface area contributed by atoms with Gasteiger partial charge in [-0.1, -0.05) is 48.0 Å². The van der Waals surface area contributed by atoms with E-state index in [0.717, 1.165) is 45.6 Å². The largest absolute Gasteiger partial charge is 0.378 e. The third-order valence-electron chi connectivity index (χ3n) is 7.22. The standard InChI is InChI=1S/C28H50N6O3/c1-9-28(5,6)20-24(35)31(7)16-18-37-19-17-33-12-14-34(15-13-33)26-29-21-23(22-30-26)25(36)32(8)11-10-27(2,3)4/h21-22H,9-20H2,1-8H3. The zero-order valence-electron chi connectivity index (χ0n) is 24.5. The van der Waals surface area contributed by atoms with Crippen LogP contribution in [-0.4, -0.2) is 110 Å². The van der Waals surface area contributed by atoms with Crippen LogP contribution >= 0.6 is 0 Å². The maximum absolute atomic E-state index is 12.7. The molecule has 37 heavy (non-hydrogen) atoms. The molecule has 9 nitrogen and oxygen atoms in total. The number of ether oxygens (including phenoxy) is 1. The predicted octanol–water partition coefficient (Wildman–Crippen LogP) is 3.41. The van der Waals surface area contributed by atoms with Crippen molar-refractivity contribution in [3.63, 3.8) is 0 Å². The number of likely N-dealkylation sites (N-methyl/N-ethyl adjacent to an activating group) is 1. The lowest BCUT2D eigenvalue weighted by Crippen LogP contribution is -2.48. The number of carbonyl (C=O) groups is 2. The molecule has 0 unspecified atom stereocenters. The van der Waals surface area contributed by atoms with Crippen molar-refractivity contribution >= 4 is 17.8 Å². The molecule has 2 amide bonds. The van der Waals surface area contributed by atoms with Gasteiger partial charge in [0.1, 0.15) is 0 Å². The molecule has 1 aromatic heterocycles. The molecule has 9 heteroatoms. The highest BCUT2D eigenvalue weighted by molar-refractivity contribution is 5.93. The number of amides is 2. The van der Waals surface area contributed by atoms with Gasteiger partial charge in [0.15, 0.2) is 0 Å². The fraction of sp³-hybridized carbons (Fsp3) is 0.786. The quantitative estimate of drug-likeness (QED) is 0.370. The highest BCUT2D eigenvalue weighted by atomic mass is 16.5. The predicted molar refractivity (Wildman–Crippen MR) is 149 cm³/mol. The van der Waals surface area contributed by atoms with Crippen molar-refractivity contribution in [1.82, 2.24) is 24.7 Å². The van der Waals surface area contributed by atoms with E-state index in [1.165, 1.54) is 0 Å². The van der Waals surface area contributed by atoms with Gasteiger partial charge >= 0.3 is 0 Å². The van der Waals surface area contributed by atoms with E-state index >= 15 is 0 Å². The third-order valence-corrected chi connectivity index (χ3v) is 7.22. The molecule has 2 rings (SSSR count). The van der Waals surface area contributed by atoms with Crippen LogP contribution in [0.5, 0.6) is 0 Å². The van der Waals surface area contributed by atoms with Crippen LogP contribution in [0.15, 0.2) is 12.4 Å². The minimum atomic E-state index is -0.0408. The summed E-state index contributed by atoms with van der Waals surface area (Å²) in [6, 6.07) is 0. The molecule has 1 aliphatic rings. The van der Waals surface area contributed by atoms with Gasteiger partial charge in [-0.3, -0.25) is 14.5 Å². The number of rotatable bonds is 13. The Morgan fingerprint density at radius 3 is 2.14 bits per heavy atom. The Labute approximate surface area is 224 Å². The summed E-state index contributed by atoms with van der Waals surface area (Å²) in [5.41, 5.74) is 0.755. The Morgan fingerprint density at radius 1 is 0.946 bits per heavy atom. The number of nitrogens with zero attached hydrogens (tertiary/aromatic N) is 6. The van der Waals surface area contributed by atoms with Crippen LogP contribution in [0.25, 0.3) is 0 Å². The fourth-order valence-electron chi connectivity index (χ4n) is 3.88. The summed E-state index contributed by atoms with van der Waals surface area (Å²) >= 11 is 0. The maximum atomic E-state index is 12.7. The van der Waals surface area contributed by atoms with Crippen molar-refractivity contribution in [2.75, 3.05) is 78.0 Å². The molecular weight excluding hydrogens is 468 g/mol. The Kier molecular flexibility index (Phi) is 11.8. The average molecular weight is 519 g/mol. The van der Waals surface area contributed by atoms with E-state index in [4.69, 9.17) is 4.74 Å². The first-order valence-corrected chi connectivity index (χ1v) is 13.7. The summed E-state index contributed by atoms with van der Waals surface area (Å²) in [4.78, 5) is 42.0. The van der Waals surface area contributed by atoms with E-state index in [2.05, 4.69) is 61.3 Å². The lowest BCUT2D eigenvalue weighted by atomic mass is 9.86. The average Bonchev–Trinajstić information content (AvgIpc) is 2.86. The van der Waals surface area contributed by atoms with Crippen molar-refractivity contribution < 1.29 is 14.3 Å². The van der Waals surface area contributed by atoms with Crippen molar-refractivity contribution in [2.24, 2.45) is 10.8 Å². The van der Waals surface area contributed by atoms with Gasteiger partial charge in [0, 0.05) is 78.7 Å². The summed E-state index contributed by atoms with van der Waals surface area (Å²) < 4.78 is 5.81. The van der Waals surface area contributed by atoms with Crippen LogP contribution < -0.4 is 4.90 Å². The molecule has 1 aromatic rings. The smallest absolute Gasteiger partial charge is 0.256 e. The minimum Gasteiger partial charge on any atom is -0.378 e. The molecule has 0 saturated carbocycles. The molecule has 210 valence electrons. The van der Waals surface area contributed by atoms with E-state index in [0.29, 0.717) is 44.2 Å². The zero-order valence-corrected chi connectivity index (χ0v) is 24.5. The number of hydrogen-bond acceptors (Lipinski definition) is 7. The number of aromatic nitrogens is 2. The molecule has 0 N–H and O–H groups in total. The van der Waals surface area contributed by atoms with Gasteiger partial charge in [-0.15, -0.1) is 0 Å². The fourth-order valence-corrected chi connectivity index (χ4v) is 3.88. The molecule has 1 saturated heterocycles. The molecule has 0 radical (unpaired) electrons. The van der Waals surface area contributed by atoms with Gasteiger partial charge in [-0.25, -0.2) is 9.97 Å². The van der Waals surface area contributed by atoms with Crippen LogP contribution in [-0.2, 0) is 9.53 Å². The highest BCUT2D eigenvalue weighted by Crippen LogP contribution is 2.25. The first kappa shape index (κ1) is 31.0. The van der Waals surface area contributed by atoms with E-state index < -0.39 is 0 Å². The summed E-state index contributed by atoms with van der Waals surface area (Å²) in [6.45, 7) is 19.8. The molecule has 2 heterocycles. The zero-order chi connectivity index (χ0) is 27.6. The summed E-state index contributed by atoms with van der Waals surface area (Å²) in [6.07, 6.45) is 5.79. The van der Waals surface area contributed by atoms with Crippen molar-refractivity contribution in [3.05, 3.63) is 18.0 Å². The lowest BCUT2D eigenvalue weighted by molar-refractivity contribution is -0.132. The second kappa shape index (κ2) is 14.0. The van der Waals surface area contributed by atoms with Gasteiger partial charge in [0.2, 0.25) is 11.9 Å². The SMILES string of the molecule is CCC(C)(C)CC(=O)N(C)CCOCCN1CCN(c2ncc(C(=O)N(C)CCC(C)(C)C)cn2)CC1. The van der Waals surface area contributed by atoms with Crippen molar-refractivity contribution in [1.29, 1.82) is 0 Å². The van der Waals surface area contributed by atoms with Crippen LogP contribution in [0, 0.1) is 10.8 Å². The van der Waals surface area contributed by atoms with Crippen LogP contribution in [0.1, 0.15) is 71.2 Å². The molecule has 0 spiro atoms. The topological polar surface area (TPSA) is 82.1 Å². The number of piperazine rings is 1. The first-order valence-electron chi connectivity index (χ1n) is 13.7. The molecule has 0 aromatic carbocycles. The second-order valence-corrected chi connectivity index (χ2v) is 12.3. The lowest BCUT2D eigenvalue weighted by Gasteiger charge is -2.34. The molecule has 0 atom stereocenters. The van der Waals surface area contributed by atoms with Crippen LogP contribution in [0.2, 0.25) is 0 Å². The van der Waals surface area contributed by atoms with Crippen LogP contribution in [0.4, 0.5) is 5.95 Å². The Hall–Kier alpha value is -2.26. The van der Waals surface area contributed by atoms with E-state index in [-0.39, 0.29) is 22.6 Å². The first-order chi connectivity index (χ1) is 17.3. The third kappa shape index (κ3) is 10.9. The molecule has 0 bridgehead atoms. The van der Waals surface area contributed by atoms with Crippen molar-refractivity contribution in [3.8, 4) is 0 Å². The van der Waals surface area contributed by atoms with Gasteiger partial charge in [-0.2, -0.15) is 0 Å². The minimum absolute atomic E-state index is 0.0408. The Morgan fingerprint density at radius 2 is 1.57 bits per heavy atom. The summed E-state index contributed by atoms with van der Waals surface area (Å²) in [5, 5.41) is 0. The molecule has 0 aliphatic carbocycles. The van der Waals surface area contributed by atoms with Gasteiger partial charge < -0.3 is 19.4 Å². The van der Waals surface area contributed by atoms with Gasteiger partial charge in [0.05, 0.1) is 18.8 Å². The summed E-state index contributed by atoms with van der Waals surface area (Å²) in [5.74, 6) is 0.809. The summed E-state index contributed by atoms with van der Waals surface area (Å²) in [7, 11) is 3.68. The number of hydrogen-bond donors (Lipinski definition) is 0. The number of anilines is 1.